The summed E-state index contributed by atoms with van der Waals surface area (Å²) in [4.78, 5) is 4.06. The molecule has 0 spiro atoms. The molecule has 1 aromatic heterocycles. The predicted octanol–water partition coefficient (Wildman–Crippen LogP) is 2.95. The Morgan fingerprint density at radius 1 is 1.12 bits per heavy atom. The maximum atomic E-state index is 8.61. The lowest BCUT2D eigenvalue weighted by Crippen LogP contribution is -1.92. The molecule has 2 aromatic rings. The molecule has 0 amide bonds. The normalized spacial score (nSPS) is 9.44. The van der Waals surface area contributed by atoms with Crippen molar-refractivity contribution >= 4 is 0 Å². The van der Waals surface area contributed by atoms with E-state index in [9.17, 15) is 0 Å². The van der Waals surface area contributed by atoms with E-state index >= 15 is 0 Å². The molecular weight excluding hydrogens is 200 g/mol. The Morgan fingerprint density at radius 3 is 2.69 bits per heavy atom. The van der Waals surface area contributed by atoms with Gasteiger partial charge in [0, 0.05) is 6.20 Å². The number of pyridine rings is 1. The molecule has 0 saturated carbocycles. The topological polar surface area (TPSA) is 45.9 Å². The lowest BCUT2D eigenvalue weighted by molar-refractivity contribution is 0.477. The van der Waals surface area contributed by atoms with E-state index in [4.69, 9.17) is 10.00 Å². The van der Waals surface area contributed by atoms with E-state index in [1.165, 1.54) is 6.42 Å². The van der Waals surface area contributed by atoms with Crippen molar-refractivity contribution in [2.24, 2.45) is 0 Å². The highest BCUT2D eigenvalue weighted by Gasteiger charge is 2.05. The molecule has 0 unspecified atom stereocenters. The van der Waals surface area contributed by atoms with Crippen LogP contribution in [0.25, 0.3) is 0 Å². The first kappa shape index (κ1) is 10.2. The molecule has 3 heteroatoms. The van der Waals surface area contributed by atoms with Gasteiger partial charge in [0.2, 0.25) is 0 Å². The van der Waals surface area contributed by atoms with E-state index in [0.29, 0.717) is 11.4 Å². The summed E-state index contributed by atoms with van der Waals surface area (Å²) >= 11 is 0. The quantitative estimate of drug-likeness (QED) is 0.780. The molecule has 0 aliphatic rings. The Balaban J connectivity index is 2.25. The number of aromatic nitrogens is 1. The van der Waals surface area contributed by atoms with Gasteiger partial charge in [0.25, 0.3) is 0 Å². The fourth-order valence-corrected chi connectivity index (χ4v) is 1.27. The molecule has 0 fully saturated rings. The number of para-hydroxylation sites is 1. The fraction of sp³-hybridized carbons (Fsp3) is 0. The van der Waals surface area contributed by atoms with Crippen molar-refractivity contribution in [3.05, 3.63) is 60.8 Å². The monoisotopic (exact) mass is 209 g/mol. The number of ether oxygens (including phenoxy) is 1. The maximum absolute atomic E-state index is 8.61. The molecule has 1 heterocycles. The second-order valence-corrected chi connectivity index (χ2v) is 3.08. The van der Waals surface area contributed by atoms with E-state index < -0.39 is 0 Å². The summed E-state index contributed by atoms with van der Waals surface area (Å²) < 4.78 is 5.62. The Morgan fingerprint density at radius 2 is 1.94 bits per heavy atom. The molecule has 0 saturated heterocycles. The Labute approximate surface area is 93.9 Å². The molecule has 77 valence electrons. The molecular formula is C13H9N2O. The molecule has 1 aromatic carbocycles. The summed E-state index contributed by atoms with van der Waals surface area (Å²) in [5.74, 6) is 1.30. The molecule has 0 N–H and O–H groups in total. The Hall–Kier alpha value is -2.34. The lowest BCUT2D eigenvalue weighted by atomic mass is 10.2. The van der Waals surface area contributed by atoms with Gasteiger partial charge in [0.05, 0.1) is 6.07 Å². The van der Waals surface area contributed by atoms with E-state index in [1.54, 1.807) is 18.3 Å². The first-order valence-electron chi connectivity index (χ1n) is 4.81. The second-order valence-electron chi connectivity index (χ2n) is 3.08. The smallest absolute Gasteiger partial charge is 0.150 e. The van der Waals surface area contributed by atoms with Crippen LogP contribution in [-0.2, 0) is 0 Å². The Kier molecular flexibility index (Phi) is 3.15. The summed E-state index contributed by atoms with van der Waals surface area (Å²) in [5, 5.41) is 8.61. The van der Waals surface area contributed by atoms with E-state index in [0.717, 1.165) is 5.75 Å². The van der Waals surface area contributed by atoms with Gasteiger partial charge in [-0.15, -0.1) is 0 Å². The second kappa shape index (κ2) is 4.94. The summed E-state index contributed by atoms with van der Waals surface area (Å²) in [6.45, 7) is 0. The maximum Gasteiger partial charge on any atom is 0.150 e. The zero-order chi connectivity index (χ0) is 11.2. The van der Waals surface area contributed by atoms with Crippen LogP contribution in [0.2, 0.25) is 0 Å². The number of hydrogen-bond acceptors (Lipinski definition) is 3. The largest absolute Gasteiger partial charge is 0.455 e. The van der Waals surface area contributed by atoms with E-state index in [-0.39, 0.29) is 0 Å². The predicted molar refractivity (Wildman–Crippen MR) is 59.8 cm³/mol. The van der Waals surface area contributed by atoms with Crippen molar-refractivity contribution in [3.63, 3.8) is 0 Å². The molecule has 1 radical (unpaired) electrons. The van der Waals surface area contributed by atoms with E-state index in [2.05, 4.69) is 4.98 Å². The van der Waals surface area contributed by atoms with Gasteiger partial charge in [-0.1, -0.05) is 18.2 Å². The first-order valence-corrected chi connectivity index (χ1v) is 4.81. The molecule has 0 aliphatic carbocycles. The van der Waals surface area contributed by atoms with Gasteiger partial charge in [-0.25, -0.2) is 0 Å². The third kappa shape index (κ3) is 2.37. The third-order valence-electron chi connectivity index (χ3n) is 1.97. The van der Waals surface area contributed by atoms with Gasteiger partial charge in [-0.3, -0.25) is 4.98 Å². The molecule has 0 bridgehead atoms. The molecule has 2 rings (SSSR count). The van der Waals surface area contributed by atoms with Crippen molar-refractivity contribution < 1.29 is 4.74 Å². The SMILES string of the molecule is N#C[CH]c1ncccc1Oc1ccccc1. The molecule has 16 heavy (non-hydrogen) atoms. The average molecular weight is 209 g/mol. The Bertz CT molecular complexity index is 503. The number of benzene rings is 1. The van der Waals surface area contributed by atoms with E-state index in [1.807, 2.05) is 36.4 Å². The average Bonchev–Trinajstić information content (AvgIpc) is 2.33. The number of nitriles is 1. The van der Waals surface area contributed by atoms with Crippen LogP contribution in [0.15, 0.2) is 48.7 Å². The van der Waals surface area contributed by atoms with Gasteiger partial charge in [-0.05, 0) is 24.3 Å². The highest BCUT2D eigenvalue weighted by Crippen LogP contribution is 2.23. The van der Waals surface area contributed by atoms with Crippen LogP contribution in [0, 0.1) is 17.8 Å². The van der Waals surface area contributed by atoms with Crippen LogP contribution in [-0.4, -0.2) is 4.98 Å². The van der Waals surface area contributed by atoms with Crippen LogP contribution >= 0.6 is 0 Å². The van der Waals surface area contributed by atoms with Gasteiger partial charge < -0.3 is 4.74 Å². The summed E-state index contributed by atoms with van der Waals surface area (Å²) in [6.07, 6.45) is 2.99. The van der Waals surface area contributed by atoms with Crippen molar-refractivity contribution in [2.75, 3.05) is 0 Å². The molecule has 0 atom stereocenters. The van der Waals surface area contributed by atoms with Crippen LogP contribution in [0.1, 0.15) is 5.69 Å². The standard InChI is InChI=1S/C13H9N2O/c14-9-8-12-13(7-4-10-15-12)16-11-5-2-1-3-6-11/h1-8,10H. The highest BCUT2D eigenvalue weighted by atomic mass is 16.5. The summed E-state index contributed by atoms with van der Waals surface area (Å²) in [5.41, 5.74) is 0.536. The van der Waals surface area contributed by atoms with Crippen molar-refractivity contribution in [2.45, 2.75) is 0 Å². The highest BCUT2D eigenvalue weighted by molar-refractivity contribution is 5.39. The summed E-state index contributed by atoms with van der Waals surface area (Å²) in [7, 11) is 0. The van der Waals surface area contributed by atoms with Crippen LogP contribution in [0.3, 0.4) is 0 Å². The van der Waals surface area contributed by atoms with Crippen molar-refractivity contribution in [1.82, 2.24) is 4.98 Å². The summed E-state index contributed by atoms with van der Waals surface area (Å²) in [6, 6.07) is 14.9. The third-order valence-corrected chi connectivity index (χ3v) is 1.97. The zero-order valence-electron chi connectivity index (χ0n) is 8.50. The number of rotatable bonds is 3. The van der Waals surface area contributed by atoms with Gasteiger partial charge in [0.15, 0.2) is 0 Å². The number of hydrogen-bond donors (Lipinski definition) is 0. The van der Waals surface area contributed by atoms with Gasteiger partial charge >= 0.3 is 0 Å². The molecule has 0 aliphatic heterocycles. The minimum atomic E-state index is 0.536. The van der Waals surface area contributed by atoms with Crippen molar-refractivity contribution in [3.8, 4) is 17.6 Å². The van der Waals surface area contributed by atoms with Gasteiger partial charge in [-0.2, -0.15) is 5.26 Å². The number of nitrogens with zero attached hydrogens (tertiary/aromatic N) is 2. The zero-order valence-corrected chi connectivity index (χ0v) is 8.50. The fourth-order valence-electron chi connectivity index (χ4n) is 1.27. The molecule has 3 nitrogen and oxygen atoms in total. The van der Waals surface area contributed by atoms with Gasteiger partial charge in [0.1, 0.15) is 23.6 Å². The first-order chi connectivity index (χ1) is 7.90. The minimum Gasteiger partial charge on any atom is -0.455 e. The van der Waals surface area contributed by atoms with Crippen molar-refractivity contribution in [1.29, 1.82) is 5.26 Å². The van der Waals surface area contributed by atoms with Crippen LogP contribution in [0.4, 0.5) is 0 Å². The minimum absolute atomic E-state index is 0.536. The van der Waals surface area contributed by atoms with Crippen LogP contribution < -0.4 is 4.74 Å². The van der Waals surface area contributed by atoms with Crippen LogP contribution in [0.5, 0.6) is 11.5 Å². The lowest BCUT2D eigenvalue weighted by Gasteiger charge is -2.07.